The zero-order valence-corrected chi connectivity index (χ0v) is 11.4. The van der Waals surface area contributed by atoms with E-state index in [1.807, 2.05) is 36.4 Å². The first-order valence-electron chi connectivity index (χ1n) is 6.72. The maximum atomic E-state index is 11.1. The van der Waals surface area contributed by atoms with Crippen LogP contribution in [0.2, 0.25) is 0 Å². The molecule has 0 atom stereocenters. The minimum absolute atomic E-state index is 0.00420. The van der Waals surface area contributed by atoms with Crippen LogP contribution in [-0.2, 0) is 0 Å². The average molecular weight is 290 g/mol. The van der Waals surface area contributed by atoms with E-state index in [4.69, 9.17) is 0 Å². The van der Waals surface area contributed by atoms with Gasteiger partial charge in [-0.15, -0.1) is 0 Å². The second kappa shape index (κ2) is 4.63. The predicted octanol–water partition coefficient (Wildman–Crippen LogP) is 3.69. The fraction of sp³-hybridized carbons (Fsp3) is 0. The minimum Gasteiger partial charge on any atom is -0.337 e. The van der Waals surface area contributed by atoms with Gasteiger partial charge in [-0.05, 0) is 18.2 Å². The molecular weight excluding hydrogens is 280 g/mol. The number of benzene rings is 2. The van der Waals surface area contributed by atoms with E-state index in [2.05, 4.69) is 15.0 Å². The van der Waals surface area contributed by atoms with Gasteiger partial charge in [0.2, 0.25) is 0 Å². The highest BCUT2D eigenvalue weighted by atomic mass is 16.6. The van der Waals surface area contributed by atoms with Crippen LogP contribution in [0.1, 0.15) is 0 Å². The standard InChI is InChI=1S/C16H10N4O2/c21-20(22)14-7-3-4-10-8-9-13(17-15(10)14)16-18-11-5-1-2-6-12(11)19-16/h1-9H,(H,18,19). The van der Waals surface area contributed by atoms with Crippen LogP contribution in [0.5, 0.6) is 0 Å². The molecule has 0 aliphatic heterocycles. The molecule has 6 nitrogen and oxygen atoms in total. The smallest absolute Gasteiger partial charge is 0.295 e. The summed E-state index contributed by atoms with van der Waals surface area (Å²) in [5.41, 5.74) is 2.68. The third-order valence-electron chi connectivity index (χ3n) is 3.53. The van der Waals surface area contributed by atoms with Crippen molar-refractivity contribution in [1.29, 1.82) is 0 Å². The van der Waals surface area contributed by atoms with Crippen molar-refractivity contribution in [3.8, 4) is 11.5 Å². The first kappa shape index (κ1) is 12.5. The lowest BCUT2D eigenvalue weighted by Gasteiger charge is -2.01. The number of hydrogen-bond acceptors (Lipinski definition) is 4. The molecule has 4 aromatic rings. The van der Waals surface area contributed by atoms with Crippen molar-refractivity contribution in [3.63, 3.8) is 0 Å². The molecule has 106 valence electrons. The van der Waals surface area contributed by atoms with E-state index >= 15 is 0 Å². The number of non-ortho nitro benzene ring substituents is 1. The third kappa shape index (κ3) is 1.89. The molecule has 0 aliphatic carbocycles. The summed E-state index contributed by atoms with van der Waals surface area (Å²) in [6, 6.07) is 16.2. The number of nitrogens with zero attached hydrogens (tertiary/aromatic N) is 3. The van der Waals surface area contributed by atoms with E-state index in [1.54, 1.807) is 12.1 Å². The Morgan fingerprint density at radius 3 is 2.64 bits per heavy atom. The fourth-order valence-electron chi connectivity index (χ4n) is 2.48. The first-order chi connectivity index (χ1) is 10.7. The highest BCUT2D eigenvalue weighted by Crippen LogP contribution is 2.27. The van der Waals surface area contributed by atoms with Crippen molar-refractivity contribution < 1.29 is 4.92 Å². The molecule has 0 amide bonds. The molecule has 2 aromatic heterocycles. The van der Waals surface area contributed by atoms with Gasteiger partial charge < -0.3 is 4.98 Å². The highest BCUT2D eigenvalue weighted by molar-refractivity contribution is 5.89. The molecule has 0 saturated carbocycles. The van der Waals surface area contributed by atoms with Crippen LogP contribution in [0.4, 0.5) is 5.69 Å². The Hall–Kier alpha value is -3.28. The SMILES string of the molecule is O=[N+]([O-])c1cccc2ccc(-c3nc4ccccc4[nH]3)nc12. The molecule has 0 unspecified atom stereocenters. The highest BCUT2D eigenvalue weighted by Gasteiger charge is 2.14. The summed E-state index contributed by atoms with van der Waals surface area (Å²) in [6.07, 6.45) is 0. The lowest BCUT2D eigenvalue weighted by Crippen LogP contribution is -1.93. The van der Waals surface area contributed by atoms with Crippen LogP contribution >= 0.6 is 0 Å². The first-order valence-corrected chi connectivity index (χ1v) is 6.72. The summed E-state index contributed by atoms with van der Waals surface area (Å²) >= 11 is 0. The number of hydrogen-bond donors (Lipinski definition) is 1. The summed E-state index contributed by atoms with van der Waals surface area (Å²) in [5, 5.41) is 11.9. The van der Waals surface area contributed by atoms with Crippen molar-refractivity contribution in [3.05, 3.63) is 64.7 Å². The number of para-hydroxylation sites is 3. The number of fused-ring (bicyclic) bond motifs is 2. The molecular formula is C16H10N4O2. The van der Waals surface area contributed by atoms with Crippen molar-refractivity contribution in [2.75, 3.05) is 0 Å². The number of nitro groups is 1. The van der Waals surface area contributed by atoms with Gasteiger partial charge in [-0.2, -0.15) is 0 Å². The van der Waals surface area contributed by atoms with E-state index in [0.29, 0.717) is 17.0 Å². The number of nitrogens with one attached hydrogen (secondary N) is 1. The Labute approximate surface area is 124 Å². The van der Waals surface area contributed by atoms with Crippen molar-refractivity contribution in [2.45, 2.75) is 0 Å². The van der Waals surface area contributed by atoms with Crippen LogP contribution in [0.3, 0.4) is 0 Å². The molecule has 6 heteroatoms. The van der Waals surface area contributed by atoms with Gasteiger partial charge >= 0.3 is 0 Å². The Kier molecular flexibility index (Phi) is 2.62. The normalized spacial score (nSPS) is 11.1. The van der Waals surface area contributed by atoms with Gasteiger partial charge in [-0.3, -0.25) is 10.1 Å². The van der Waals surface area contributed by atoms with E-state index in [9.17, 15) is 10.1 Å². The van der Waals surface area contributed by atoms with Gasteiger partial charge in [-0.1, -0.05) is 30.3 Å². The zero-order chi connectivity index (χ0) is 15.1. The molecule has 0 radical (unpaired) electrons. The maximum absolute atomic E-state index is 11.1. The van der Waals surface area contributed by atoms with Crippen molar-refractivity contribution >= 4 is 27.6 Å². The van der Waals surface area contributed by atoms with Gasteiger partial charge in [0.25, 0.3) is 5.69 Å². The van der Waals surface area contributed by atoms with Gasteiger partial charge in [0.1, 0.15) is 11.2 Å². The fourth-order valence-corrected chi connectivity index (χ4v) is 2.48. The Balaban J connectivity index is 1.95. The number of pyridine rings is 1. The van der Waals surface area contributed by atoms with E-state index in [1.165, 1.54) is 6.07 Å². The van der Waals surface area contributed by atoms with Gasteiger partial charge in [0, 0.05) is 11.5 Å². The van der Waals surface area contributed by atoms with Crippen LogP contribution < -0.4 is 0 Å². The molecule has 0 spiro atoms. The van der Waals surface area contributed by atoms with Crippen LogP contribution in [0.25, 0.3) is 33.5 Å². The largest absolute Gasteiger partial charge is 0.337 e. The lowest BCUT2D eigenvalue weighted by molar-refractivity contribution is -0.383. The average Bonchev–Trinajstić information content (AvgIpc) is 2.97. The molecule has 4 rings (SSSR count). The number of imidazole rings is 1. The second-order valence-electron chi connectivity index (χ2n) is 4.91. The summed E-state index contributed by atoms with van der Waals surface area (Å²) in [6.45, 7) is 0. The monoisotopic (exact) mass is 290 g/mol. The van der Waals surface area contributed by atoms with E-state index < -0.39 is 4.92 Å². The summed E-state index contributed by atoms with van der Waals surface area (Å²) in [4.78, 5) is 22.8. The Bertz CT molecular complexity index is 990. The number of nitro benzene ring substituents is 1. The van der Waals surface area contributed by atoms with Crippen LogP contribution in [0.15, 0.2) is 54.6 Å². The van der Waals surface area contributed by atoms with E-state index in [0.717, 1.165) is 16.4 Å². The molecule has 0 aliphatic rings. The van der Waals surface area contributed by atoms with Crippen molar-refractivity contribution in [2.24, 2.45) is 0 Å². The molecule has 0 fully saturated rings. The Morgan fingerprint density at radius 2 is 1.82 bits per heavy atom. The summed E-state index contributed by atoms with van der Waals surface area (Å²) in [5.74, 6) is 0.598. The summed E-state index contributed by atoms with van der Waals surface area (Å²) < 4.78 is 0. The number of rotatable bonds is 2. The van der Waals surface area contributed by atoms with Crippen LogP contribution in [0, 0.1) is 10.1 Å². The Morgan fingerprint density at radius 1 is 0.955 bits per heavy atom. The maximum Gasteiger partial charge on any atom is 0.295 e. The molecule has 2 aromatic carbocycles. The van der Waals surface area contributed by atoms with E-state index in [-0.39, 0.29) is 5.69 Å². The molecule has 22 heavy (non-hydrogen) atoms. The minimum atomic E-state index is -0.419. The van der Waals surface area contributed by atoms with Crippen molar-refractivity contribution in [1.82, 2.24) is 15.0 Å². The van der Waals surface area contributed by atoms with Gasteiger partial charge in [0.05, 0.1) is 16.0 Å². The zero-order valence-electron chi connectivity index (χ0n) is 11.4. The lowest BCUT2D eigenvalue weighted by atomic mass is 10.1. The molecule has 2 heterocycles. The summed E-state index contributed by atoms with van der Waals surface area (Å²) in [7, 11) is 0. The second-order valence-corrected chi connectivity index (χ2v) is 4.91. The number of H-pyrrole nitrogens is 1. The molecule has 0 saturated heterocycles. The predicted molar refractivity (Wildman–Crippen MR) is 83.5 cm³/mol. The molecule has 0 bridgehead atoms. The third-order valence-corrected chi connectivity index (χ3v) is 3.53. The quantitative estimate of drug-likeness (QED) is 0.450. The molecule has 1 N–H and O–H groups in total. The topological polar surface area (TPSA) is 84.7 Å². The number of aromatic nitrogens is 3. The van der Waals surface area contributed by atoms with Gasteiger partial charge in [0.15, 0.2) is 5.82 Å². The van der Waals surface area contributed by atoms with Crippen LogP contribution in [-0.4, -0.2) is 19.9 Å². The number of aromatic amines is 1. The van der Waals surface area contributed by atoms with Gasteiger partial charge in [-0.25, -0.2) is 9.97 Å².